The molecule has 1 aromatic carbocycles. The van der Waals surface area contributed by atoms with Gasteiger partial charge in [0, 0.05) is 5.69 Å². The lowest BCUT2D eigenvalue weighted by molar-refractivity contribution is 0.512. The molecule has 2 rings (SSSR count). The van der Waals surface area contributed by atoms with Gasteiger partial charge in [-0.1, -0.05) is 12.1 Å². The normalized spacial score (nSPS) is 18.8. The van der Waals surface area contributed by atoms with Crippen molar-refractivity contribution in [2.45, 2.75) is 31.6 Å². The maximum absolute atomic E-state index is 5.65. The fraction of sp³-hybridized carbons (Fsp3) is 0.417. The summed E-state index contributed by atoms with van der Waals surface area (Å²) in [6, 6.07) is 8.36. The van der Waals surface area contributed by atoms with Gasteiger partial charge in [0.15, 0.2) is 0 Å². The molecule has 1 aromatic rings. The SMILES string of the molecule is Nc1ccc(C2CC[CH]CC2)cc1. The Morgan fingerprint density at radius 2 is 1.62 bits per heavy atom. The van der Waals surface area contributed by atoms with Crippen LogP contribution < -0.4 is 5.73 Å². The quantitative estimate of drug-likeness (QED) is 0.650. The number of nitrogen functional groups attached to an aromatic ring is 1. The van der Waals surface area contributed by atoms with Crippen molar-refractivity contribution in [2.75, 3.05) is 5.73 Å². The third-order valence-electron chi connectivity index (χ3n) is 2.85. The van der Waals surface area contributed by atoms with Gasteiger partial charge >= 0.3 is 0 Å². The predicted octanol–water partition coefficient (Wildman–Crippen LogP) is 3.13. The first-order chi connectivity index (χ1) is 6.36. The summed E-state index contributed by atoms with van der Waals surface area (Å²) in [4.78, 5) is 0. The van der Waals surface area contributed by atoms with E-state index in [-0.39, 0.29) is 0 Å². The third-order valence-corrected chi connectivity index (χ3v) is 2.85. The Balaban J connectivity index is 2.10. The zero-order valence-electron chi connectivity index (χ0n) is 7.87. The minimum Gasteiger partial charge on any atom is -0.399 e. The van der Waals surface area contributed by atoms with E-state index < -0.39 is 0 Å². The van der Waals surface area contributed by atoms with Crippen molar-refractivity contribution in [1.82, 2.24) is 0 Å². The molecule has 0 unspecified atom stereocenters. The van der Waals surface area contributed by atoms with Gasteiger partial charge in [0.2, 0.25) is 0 Å². The lowest BCUT2D eigenvalue weighted by Gasteiger charge is -2.21. The molecule has 69 valence electrons. The molecular formula is C12H16N. The molecule has 1 saturated carbocycles. The molecule has 0 atom stereocenters. The van der Waals surface area contributed by atoms with Gasteiger partial charge in [0.25, 0.3) is 0 Å². The molecule has 1 fully saturated rings. The summed E-state index contributed by atoms with van der Waals surface area (Å²) in [5.74, 6) is 0.769. The molecule has 1 aliphatic carbocycles. The highest BCUT2D eigenvalue weighted by Crippen LogP contribution is 2.32. The summed E-state index contributed by atoms with van der Waals surface area (Å²) in [6.07, 6.45) is 7.56. The number of nitrogens with two attached hydrogens (primary N) is 1. The van der Waals surface area contributed by atoms with E-state index in [2.05, 4.69) is 18.6 Å². The summed E-state index contributed by atoms with van der Waals surface area (Å²) in [5.41, 5.74) is 7.98. The first kappa shape index (κ1) is 8.61. The number of benzene rings is 1. The predicted molar refractivity (Wildman–Crippen MR) is 56.4 cm³/mol. The molecule has 1 nitrogen and oxygen atoms in total. The maximum atomic E-state index is 5.65. The molecule has 13 heavy (non-hydrogen) atoms. The number of rotatable bonds is 1. The van der Waals surface area contributed by atoms with E-state index in [1.165, 1.54) is 31.2 Å². The van der Waals surface area contributed by atoms with Crippen LogP contribution in [0.2, 0.25) is 0 Å². The summed E-state index contributed by atoms with van der Waals surface area (Å²) < 4.78 is 0. The van der Waals surface area contributed by atoms with Crippen LogP contribution in [0.15, 0.2) is 24.3 Å². The van der Waals surface area contributed by atoms with E-state index in [0.717, 1.165) is 11.6 Å². The Kier molecular flexibility index (Phi) is 2.53. The summed E-state index contributed by atoms with van der Waals surface area (Å²) in [6.45, 7) is 0. The summed E-state index contributed by atoms with van der Waals surface area (Å²) in [7, 11) is 0. The minimum atomic E-state index is 0.769. The van der Waals surface area contributed by atoms with Gasteiger partial charge in [-0.2, -0.15) is 0 Å². The molecule has 0 amide bonds. The maximum Gasteiger partial charge on any atom is 0.0314 e. The van der Waals surface area contributed by atoms with Gasteiger partial charge in [-0.15, -0.1) is 0 Å². The Morgan fingerprint density at radius 1 is 1.00 bits per heavy atom. The van der Waals surface area contributed by atoms with Gasteiger partial charge in [-0.05, 0) is 55.7 Å². The van der Waals surface area contributed by atoms with Crippen LogP contribution in [0.5, 0.6) is 0 Å². The molecule has 1 heteroatoms. The lowest BCUT2D eigenvalue weighted by atomic mass is 9.84. The molecule has 2 N–H and O–H groups in total. The van der Waals surface area contributed by atoms with E-state index in [1.807, 2.05) is 12.1 Å². The van der Waals surface area contributed by atoms with E-state index in [1.54, 1.807) is 0 Å². The van der Waals surface area contributed by atoms with Crippen molar-refractivity contribution in [2.24, 2.45) is 0 Å². The largest absolute Gasteiger partial charge is 0.399 e. The molecule has 0 saturated heterocycles. The van der Waals surface area contributed by atoms with E-state index in [0.29, 0.717) is 0 Å². The average molecular weight is 174 g/mol. The Morgan fingerprint density at radius 3 is 2.23 bits per heavy atom. The Bertz CT molecular complexity index is 257. The summed E-state index contributed by atoms with van der Waals surface area (Å²) in [5, 5.41) is 0. The van der Waals surface area contributed by atoms with Crippen molar-refractivity contribution in [3.05, 3.63) is 36.2 Å². The van der Waals surface area contributed by atoms with Gasteiger partial charge in [-0.25, -0.2) is 0 Å². The van der Waals surface area contributed by atoms with Crippen molar-refractivity contribution in [3.63, 3.8) is 0 Å². The molecule has 0 spiro atoms. The summed E-state index contributed by atoms with van der Waals surface area (Å²) >= 11 is 0. The van der Waals surface area contributed by atoms with E-state index in [9.17, 15) is 0 Å². The van der Waals surface area contributed by atoms with Crippen LogP contribution in [0, 0.1) is 6.42 Å². The smallest absolute Gasteiger partial charge is 0.0314 e. The highest BCUT2D eigenvalue weighted by Gasteiger charge is 2.14. The van der Waals surface area contributed by atoms with Crippen molar-refractivity contribution >= 4 is 5.69 Å². The number of hydrogen-bond acceptors (Lipinski definition) is 1. The monoisotopic (exact) mass is 174 g/mol. The van der Waals surface area contributed by atoms with Crippen molar-refractivity contribution in [1.29, 1.82) is 0 Å². The third kappa shape index (κ3) is 2.03. The first-order valence-corrected chi connectivity index (χ1v) is 5.03. The molecule has 1 aliphatic rings. The lowest BCUT2D eigenvalue weighted by Crippen LogP contribution is -2.04. The van der Waals surface area contributed by atoms with Crippen LogP contribution in [0.1, 0.15) is 37.2 Å². The van der Waals surface area contributed by atoms with Crippen molar-refractivity contribution in [3.8, 4) is 0 Å². The Hall–Kier alpha value is -0.980. The van der Waals surface area contributed by atoms with Crippen LogP contribution in [0.3, 0.4) is 0 Å². The highest BCUT2D eigenvalue weighted by molar-refractivity contribution is 5.40. The second-order valence-electron chi connectivity index (χ2n) is 3.81. The molecule has 0 heterocycles. The second-order valence-corrected chi connectivity index (χ2v) is 3.81. The standard InChI is InChI=1S/C12H16N/c13-12-8-6-11(7-9-12)10-4-2-1-3-5-10/h1,6-10H,2-5,13H2. The minimum absolute atomic E-state index is 0.769. The molecule has 0 bridgehead atoms. The van der Waals surface area contributed by atoms with E-state index >= 15 is 0 Å². The van der Waals surface area contributed by atoms with Crippen LogP contribution in [0.25, 0.3) is 0 Å². The van der Waals surface area contributed by atoms with Gasteiger partial charge in [0.05, 0.1) is 0 Å². The number of anilines is 1. The average Bonchev–Trinajstić information content (AvgIpc) is 2.20. The zero-order chi connectivity index (χ0) is 9.10. The molecule has 1 radical (unpaired) electrons. The second kappa shape index (κ2) is 3.82. The number of hydrogen-bond donors (Lipinski definition) is 1. The highest BCUT2D eigenvalue weighted by atomic mass is 14.5. The fourth-order valence-corrected chi connectivity index (χ4v) is 2.03. The topological polar surface area (TPSA) is 26.0 Å². The van der Waals surface area contributed by atoms with Gasteiger partial charge < -0.3 is 5.73 Å². The van der Waals surface area contributed by atoms with Gasteiger partial charge in [-0.3, -0.25) is 0 Å². The fourth-order valence-electron chi connectivity index (χ4n) is 2.03. The van der Waals surface area contributed by atoms with Crippen molar-refractivity contribution < 1.29 is 0 Å². The van der Waals surface area contributed by atoms with Crippen LogP contribution in [-0.4, -0.2) is 0 Å². The molecule has 0 aromatic heterocycles. The molecular weight excluding hydrogens is 158 g/mol. The van der Waals surface area contributed by atoms with Gasteiger partial charge in [0.1, 0.15) is 0 Å². The Labute approximate surface area is 80.0 Å². The van der Waals surface area contributed by atoms with Crippen LogP contribution in [-0.2, 0) is 0 Å². The zero-order valence-corrected chi connectivity index (χ0v) is 7.87. The van der Waals surface area contributed by atoms with Crippen LogP contribution in [0.4, 0.5) is 5.69 Å². The first-order valence-electron chi connectivity index (χ1n) is 5.03. The van der Waals surface area contributed by atoms with E-state index in [4.69, 9.17) is 5.73 Å². The molecule has 0 aliphatic heterocycles. The van der Waals surface area contributed by atoms with Crippen LogP contribution >= 0.6 is 0 Å².